The smallest absolute Gasteiger partial charge is 0.404 e. The number of nitrogens with two attached hydrogens (primary N) is 1. The molecule has 0 aliphatic rings. The molecule has 3 rings (SSSR count). The molecule has 164 valence electrons. The van der Waals surface area contributed by atoms with Crippen LogP contribution in [0.15, 0.2) is 30.5 Å². The number of aryl methyl sites for hydroxylation is 1. The van der Waals surface area contributed by atoms with Crippen LogP contribution in [0.3, 0.4) is 0 Å². The Balaban J connectivity index is 1.92. The molecule has 2 aromatic heterocycles. The Morgan fingerprint density at radius 3 is 2.68 bits per heavy atom. The monoisotopic (exact) mass is 429 g/mol. The normalized spacial score (nSPS) is 12.9. The van der Waals surface area contributed by atoms with Gasteiger partial charge in [-0.2, -0.15) is 5.10 Å². The number of amides is 2. The van der Waals surface area contributed by atoms with Crippen molar-refractivity contribution in [2.24, 2.45) is 12.8 Å². The van der Waals surface area contributed by atoms with Crippen LogP contribution in [0.1, 0.15) is 30.6 Å². The lowest BCUT2D eigenvalue weighted by molar-refractivity contribution is 0.100. The van der Waals surface area contributed by atoms with E-state index in [1.54, 1.807) is 30.8 Å². The first-order chi connectivity index (χ1) is 14.7. The number of benzene rings is 1. The molecule has 0 radical (unpaired) electrons. The second-order valence-electron chi connectivity index (χ2n) is 7.14. The molecule has 0 saturated carbocycles. The predicted molar refractivity (Wildman–Crippen MR) is 115 cm³/mol. The molecule has 0 saturated heterocycles. The highest BCUT2D eigenvalue weighted by atomic mass is 19.1. The summed E-state index contributed by atoms with van der Waals surface area (Å²) in [6.45, 7) is 3.51. The first-order valence-corrected chi connectivity index (χ1v) is 9.64. The highest BCUT2D eigenvalue weighted by Gasteiger charge is 2.21. The topological polar surface area (TPSA) is 147 Å². The minimum absolute atomic E-state index is 0.0751. The summed E-state index contributed by atoms with van der Waals surface area (Å²) in [4.78, 5) is 27.0. The summed E-state index contributed by atoms with van der Waals surface area (Å²) >= 11 is 0. The maximum Gasteiger partial charge on any atom is 0.404 e. The number of rotatable bonds is 8. The van der Waals surface area contributed by atoms with E-state index in [2.05, 4.69) is 26.0 Å². The Morgan fingerprint density at radius 2 is 2.03 bits per heavy atom. The molecule has 0 aliphatic carbocycles. The molecule has 2 atom stereocenters. The van der Waals surface area contributed by atoms with Gasteiger partial charge in [0.2, 0.25) is 0 Å². The number of nitrogens with zero attached hydrogens (tertiary/aromatic N) is 3. The maximum atomic E-state index is 14.6. The summed E-state index contributed by atoms with van der Waals surface area (Å²) in [7, 11) is 1.82. The Morgan fingerprint density at radius 1 is 1.29 bits per heavy atom. The van der Waals surface area contributed by atoms with Gasteiger partial charge >= 0.3 is 6.09 Å². The van der Waals surface area contributed by atoms with E-state index in [0.29, 0.717) is 12.1 Å². The van der Waals surface area contributed by atoms with E-state index in [9.17, 15) is 14.0 Å². The van der Waals surface area contributed by atoms with Crippen LogP contribution in [0.25, 0.3) is 10.9 Å². The lowest BCUT2D eigenvalue weighted by Crippen LogP contribution is -2.44. The molecule has 10 nitrogen and oxygen atoms in total. The molecule has 1 aromatic carbocycles. The molecule has 0 unspecified atom stereocenters. The molecule has 6 N–H and O–H groups in total. The average Bonchev–Trinajstić information content (AvgIpc) is 3.08. The van der Waals surface area contributed by atoms with Gasteiger partial charge in [-0.15, -0.1) is 0 Å². The average molecular weight is 429 g/mol. The van der Waals surface area contributed by atoms with Gasteiger partial charge in [-0.25, -0.2) is 14.2 Å². The quantitative estimate of drug-likeness (QED) is 0.370. The van der Waals surface area contributed by atoms with Crippen LogP contribution in [0, 0.1) is 5.82 Å². The van der Waals surface area contributed by atoms with Crippen LogP contribution in [0.4, 0.5) is 26.5 Å². The predicted octanol–water partition coefficient (Wildman–Crippen LogP) is 2.80. The summed E-state index contributed by atoms with van der Waals surface area (Å²) in [6.07, 6.45) is 1.01. The van der Waals surface area contributed by atoms with Gasteiger partial charge < -0.3 is 26.8 Å². The van der Waals surface area contributed by atoms with Crippen molar-refractivity contribution in [1.29, 1.82) is 0 Å². The number of hydrogen-bond donors (Lipinski definition) is 5. The van der Waals surface area contributed by atoms with E-state index in [4.69, 9.17) is 10.8 Å². The minimum Gasteiger partial charge on any atom is -0.465 e. The Labute approximate surface area is 177 Å². The molecule has 0 fully saturated rings. The number of hydrogen-bond acceptors (Lipinski definition) is 6. The zero-order valence-corrected chi connectivity index (χ0v) is 17.3. The molecule has 2 amide bonds. The van der Waals surface area contributed by atoms with Crippen LogP contribution >= 0.6 is 0 Å². The van der Waals surface area contributed by atoms with Crippen molar-refractivity contribution >= 4 is 40.2 Å². The lowest BCUT2D eigenvalue weighted by Gasteiger charge is -2.24. The van der Waals surface area contributed by atoms with Crippen molar-refractivity contribution in [2.75, 3.05) is 10.6 Å². The molecule has 0 aliphatic heterocycles. The number of carbonyl (C=O) groups excluding carboxylic acids is 1. The van der Waals surface area contributed by atoms with Gasteiger partial charge in [-0.05, 0) is 37.6 Å². The van der Waals surface area contributed by atoms with Crippen LogP contribution < -0.4 is 21.7 Å². The van der Waals surface area contributed by atoms with Crippen molar-refractivity contribution in [3.63, 3.8) is 0 Å². The molecule has 31 heavy (non-hydrogen) atoms. The van der Waals surface area contributed by atoms with Gasteiger partial charge in [0.05, 0.1) is 23.3 Å². The van der Waals surface area contributed by atoms with Crippen LogP contribution in [0.5, 0.6) is 0 Å². The van der Waals surface area contributed by atoms with E-state index >= 15 is 0 Å². The second kappa shape index (κ2) is 8.86. The summed E-state index contributed by atoms with van der Waals surface area (Å²) in [5, 5.41) is 22.3. The second-order valence-corrected chi connectivity index (χ2v) is 7.14. The van der Waals surface area contributed by atoms with Crippen molar-refractivity contribution in [2.45, 2.75) is 32.4 Å². The van der Waals surface area contributed by atoms with E-state index in [-0.39, 0.29) is 17.2 Å². The highest BCUT2D eigenvalue weighted by molar-refractivity contribution is 5.99. The molecule has 11 heteroatoms. The maximum absolute atomic E-state index is 14.6. The Hall–Kier alpha value is -3.89. The number of anilines is 3. The van der Waals surface area contributed by atoms with Gasteiger partial charge in [0.25, 0.3) is 5.91 Å². The number of carboxylic acid groups (broad SMARTS) is 1. The van der Waals surface area contributed by atoms with Gasteiger partial charge in [-0.1, -0.05) is 6.92 Å². The number of primary amides is 1. The third-order valence-corrected chi connectivity index (χ3v) is 4.97. The molecule has 3 aromatic rings. The van der Waals surface area contributed by atoms with Gasteiger partial charge in [0.1, 0.15) is 5.82 Å². The van der Waals surface area contributed by atoms with Gasteiger partial charge in [0, 0.05) is 24.2 Å². The van der Waals surface area contributed by atoms with Gasteiger partial charge in [-0.3, -0.25) is 9.48 Å². The fourth-order valence-electron chi connectivity index (χ4n) is 3.31. The van der Waals surface area contributed by atoms with Crippen LogP contribution in [-0.4, -0.2) is 44.0 Å². The van der Waals surface area contributed by atoms with Crippen molar-refractivity contribution < 1.29 is 19.1 Å². The van der Waals surface area contributed by atoms with Crippen LogP contribution in [0.2, 0.25) is 0 Å². The SMILES string of the molecule is CC[C@H](NC(=O)O)[C@@H](C)Nc1nc(Nc2ccc3c(cnn3C)c2)c(C(N)=O)cc1F. The first kappa shape index (κ1) is 21.8. The van der Waals surface area contributed by atoms with E-state index < -0.39 is 29.9 Å². The number of pyridine rings is 1. The third kappa shape index (κ3) is 4.82. The number of carbonyl (C=O) groups is 2. The number of nitrogens with one attached hydrogen (secondary N) is 3. The molecule has 0 bridgehead atoms. The number of fused-ring (bicyclic) bond motifs is 1. The van der Waals surface area contributed by atoms with E-state index in [0.717, 1.165) is 17.0 Å². The number of halogens is 1. The molecule has 2 heterocycles. The molecular weight excluding hydrogens is 405 g/mol. The lowest BCUT2D eigenvalue weighted by atomic mass is 10.1. The Bertz CT molecular complexity index is 1130. The zero-order chi connectivity index (χ0) is 22.7. The van der Waals surface area contributed by atoms with Crippen molar-refractivity contribution in [3.05, 3.63) is 41.8 Å². The fourth-order valence-corrected chi connectivity index (χ4v) is 3.31. The van der Waals surface area contributed by atoms with E-state index in [1.165, 1.54) is 0 Å². The van der Waals surface area contributed by atoms with Crippen LogP contribution in [-0.2, 0) is 7.05 Å². The van der Waals surface area contributed by atoms with Gasteiger partial charge in [0.15, 0.2) is 11.6 Å². The largest absolute Gasteiger partial charge is 0.465 e. The van der Waals surface area contributed by atoms with Crippen molar-refractivity contribution in [1.82, 2.24) is 20.1 Å². The Kier molecular flexibility index (Phi) is 6.23. The third-order valence-electron chi connectivity index (χ3n) is 4.97. The molecular formula is C20H24FN7O3. The highest BCUT2D eigenvalue weighted by Crippen LogP contribution is 2.26. The van der Waals surface area contributed by atoms with E-state index in [1.807, 2.05) is 19.2 Å². The zero-order valence-electron chi connectivity index (χ0n) is 17.3. The summed E-state index contributed by atoms with van der Waals surface area (Å²) in [5.74, 6) is -1.67. The number of aromatic nitrogens is 3. The summed E-state index contributed by atoms with van der Waals surface area (Å²) < 4.78 is 16.3. The van der Waals surface area contributed by atoms with Crippen molar-refractivity contribution in [3.8, 4) is 0 Å². The first-order valence-electron chi connectivity index (χ1n) is 9.64. The molecule has 0 spiro atoms. The summed E-state index contributed by atoms with van der Waals surface area (Å²) in [6, 6.07) is 5.50. The fraction of sp³-hybridized carbons (Fsp3) is 0.300. The standard InChI is InChI=1S/C20H24FN7O3/c1-4-15(26-20(30)31)10(2)24-19-14(21)8-13(17(22)29)18(27-19)25-12-5-6-16-11(7-12)9-23-28(16)3/h5-10,15,26H,4H2,1-3H3,(H2,22,29)(H,30,31)(H2,24,25,27)/t10-,15+/m1/s1. The summed E-state index contributed by atoms with van der Waals surface area (Å²) in [5.41, 5.74) is 6.83. The minimum atomic E-state index is -1.17.